The van der Waals surface area contributed by atoms with Crippen LogP contribution in [0.3, 0.4) is 0 Å². The summed E-state index contributed by atoms with van der Waals surface area (Å²) >= 11 is 0. The van der Waals surface area contributed by atoms with Gasteiger partial charge in [0.15, 0.2) is 0 Å². The van der Waals surface area contributed by atoms with E-state index in [2.05, 4.69) is 0 Å². The zero-order chi connectivity index (χ0) is 6.73. The summed E-state index contributed by atoms with van der Waals surface area (Å²) < 4.78 is 0. The quantitative estimate of drug-likeness (QED) is 0.379. The normalized spacial score (nSPS) is 8.12. The van der Waals surface area contributed by atoms with E-state index in [1.807, 2.05) is 0 Å². The van der Waals surface area contributed by atoms with Crippen molar-refractivity contribution in [2.24, 2.45) is 0 Å². The predicted octanol–water partition coefficient (Wildman–Crippen LogP) is -0.771. The third kappa shape index (κ3) is 1.51. The smallest absolute Gasteiger partial charge is 0.380 e. The lowest BCUT2D eigenvalue weighted by molar-refractivity contribution is -0.152. The van der Waals surface area contributed by atoms with Gasteiger partial charge in [0, 0.05) is 6.92 Å². The molecule has 0 radical (unpaired) electrons. The zero-order valence-corrected chi connectivity index (χ0v) is 4.17. The van der Waals surface area contributed by atoms with Gasteiger partial charge in [0.05, 0.1) is 0 Å². The Bertz CT molecular complexity index is 130. The van der Waals surface area contributed by atoms with E-state index in [0.29, 0.717) is 0 Å². The summed E-state index contributed by atoms with van der Waals surface area (Å²) in [7, 11) is 0. The summed E-state index contributed by atoms with van der Waals surface area (Å²) in [6.45, 7) is 0.913. The van der Waals surface area contributed by atoms with E-state index >= 15 is 0 Å². The third-order valence-electron chi connectivity index (χ3n) is 0.514. The van der Waals surface area contributed by atoms with E-state index in [-0.39, 0.29) is 0 Å². The first-order valence-electron chi connectivity index (χ1n) is 1.84. The van der Waals surface area contributed by atoms with Crippen LogP contribution in [0.1, 0.15) is 6.92 Å². The van der Waals surface area contributed by atoms with Crippen LogP contribution in [0.4, 0.5) is 0 Å². The fourth-order valence-corrected chi connectivity index (χ4v) is 0.151. The van der Waals surface area contributed by atoms with E-state index in [4.69, 9.17) is 5.11 Å². The molecule has 44 valence electrons. The number of rotatable bonds is 2. The van der Waals surface area contributed by atoms with Crippen LogP contribution in [-0.2, 0) is 14.4 Å². The second-order valence-corrected chi connectivity index (χ2v) is 1.19. The van der Waals surface area contributed by atoms with Crippen molar-refractivity contribution in [1.29, 1.82) is 0 Å². The van der Waals surface area contributed by atoms with Crippen molar-refractivity contribution in [2.75, 3.05) is 0 Å². The molecule has 0 unspecified atom stereocenters. The van der Waals surface area contributed by atoms with Gasteiger partial charge < -0.3 is 5.11 Å². The summed E-state index contributed by atoms with van der Waals surface area (Å²) in [5.41, 5.74) is 0. The number of ketones is 2. The summed E-state index contributed by atoms with van der Waals surface area (Å²) in [4.78, 5) is 29.3. The molecule has 0 fully saturated rings. The van der Waals surface area contributed by atoms with Gasteiger partial charge in [-0.05, 0) is 0 Å². The monoisotopic (exact) mass is 116 g/mol. The molecule has 1 N–H and O–H groups in total. The molecule has 0 aliphatic heterocycles. The highest BCUT2D eigenvalue weighted by molar-refractivity contribution is 6.61. The molecule has 0 heterocycles. The van der Waals surface area contributed by atoms with Crippen LogP contribution in [0.2, 0.25) is 0 Å². The van der Waals surface area contributed by atoms with Gasteiger partial charge in [-0.3, -0.25) is 9.59 Å². The molecule has 0 amide bonds. The lowest BCUT2D eigenvalue weighted by atomic mass is 10.3. The van der Waals surface area contributed by atoms with Crippen LogP contribution in [0, 0.1) is 0 Å². The average molecular weight is 116 g/mol. The first kappa shape index (κ1) is 6.81. The number of hydrogen-bond acceptors (Lipinski definition) is 3. The molecule has 0 rings (SSSR count). The number of carbonyl (C=O) groups excluding carboxylic acids is 2. The maximum absolute atomic E-state index is 9.89. The van der Waals surface area contributed by atoms with Crippen LogP contribution in [0.15, 0.2) is 0 Å². The van der Waals surface area contributed by atoms with Gasteiger partial charge in [-0.15, -0.1) is 0 Å². The van der Waals surface area contributed by atoms with Crippen LogP contribution in [0.5, 0.6) is 0 Å². The largest absolute Gasteiger partial charge is 0.475 e. The summed E-state index contributed by atoms with van der Waals surface area (Å²) in [6.07, 6.45) is 0. The molecule has 0 aliphatic carbocycles. The maximum atomic E-state index is 9.89. The fourth-order valence-electron chi connectivity index (χ4n) is 0.151. The number of carboxylic acids is 1. The lowest BCUT2D eigenvalue weighted by Crippen LogP contribution is -2.19. The minimum absolute atomic E-state index is 0.913. The van der Waals surface area contributed by atoms with Gasteiger partial charge in [-0.25, -0.2) is 4.79 Å². The fraction of sp³-hybridized carbons (Fsp3) is 0.250. The summed E-state index contributed by atoms with van der Waals surface area (Å²) in [5, 5.41) is 7.78. The molecule has 8 heavy (non-hydrogen) atoms. The molecular weight excluding hydrogens is 112 g/mol. The Hall–Kier alpha value is -1.19. The first-order valence-corrected chi connectivity index (χ1v) is 1.84. The van der Waals surface area contributed by atoms with Crippen molar-refractivity contribution < 1.29 is 19.5 Å². The Morgan fingerprint density at radius 3 is 1.62 bits per heavy atom. The Labute approximate surface area is 45.1 Å². The van der Waals surface area contributed by atoms with Gasteiger partial charge >= 0.3 is 11.8 Å². The second-order valence-electron chi connectivity index (χ2n) is 1.19. The van der Waals surface area contributed by atoms with Crippen molar-refractivity contribution in [3.05, 3.63) is 0 Å². The van der Waals surface area contributed by atoms with Gasteiger partial charge in [0.25, 0.3) is 0 Å². The van der Waals surface area contributed by atoms with Crippen LogP contribution in [-0.4, -0.2) is 22.6 Å². The van der Waals surface area contributed by atoms with Crippen molar-refractivity contribution in [3.63, 3.8) is 0 Å². The number of hydrogen-bond donors (Lipinski definition) is 1. The van der Waals surface area contributed by atoms with Crippen molar-refractivity contribution in [1.82, 2.24) is 0 Å². The molecule has 0 saturated carbocycles. The highest BCUT2D eigenvalue weighted by Crippen LogP contribution is 1.72. The molecule has 4 heteroatoms. The van der Waals surface area contributed by atoms with Crippen molar-refractivity contribution in [3.8, 4) is 0 Å². The van der Waals surface area contributed by atoms with Gasteiger partial charge in [-0.2, -0.15) is 0 Å². The number of carbonyl (C=O) groups is 3. The molecule has 0 saturated heterocycles. The molecule has 0 spiro atoms. The second kappa shape index (κ2) is 2.20. The number of aliphatic carboxylic acids is 1. The lowest BCUT2D eigenvalue weighted by Gasteiger charge is -1.80. The van der Waals surface area contributed by atoms with Gasteiger partial charge in [0.1, 0.15) is 0 Å². The van der Waals surface area contributed by atoms with Crippen LogP contribution in [0.25, 0.3) is 0 Å². The van der Waals surface area contributed by atoms with Crippen molar-refractivity contribution >= 4 is 17.5 Å². The Balaban J connectivity index is 4.05. The summed E-state index contributed by atoms with van der Waals surface area (Å²) in [6, 6.07) is 0. The molecular formula is C4H4O4. The van der Waals surface area contributed by atoms with E-state index in [1.54, 1.807) is 0 Å². The predicted molar refractivity (Wildman–Crippen MR) is 23.3 cm³/mol. The first-order chi connectivity index (χ1) is 3.55. The molecule has 0 aromatic heterocycles. The molecule has 4 nitrogen and oxygen atoms in total. The highest BCUT2D eigenvalue weighted by atomic mass is 16.4. The minimum Gasteiger partial charge on any atom is -0.475 e. The zero-order valence-electron chi connectivity index (χ0n) is 4.17. The molecule has 0 aromatic carbocycles. The number of Topliss-reactive ketones (excluding diaryl/α,β-unsaturated/α-hetero) is 2. The van der Waals surface area contributed by atoms with E-state index in [1.165, 1.54) is 0 Å². The Kier molecular flexibility index (Phi) is 1.88. The third-order valence-corrected chi connectivity index (χ3v) is 0.514. The van der Waals surface area contributed by atoms with Crippen molar-refractivity contribution in [2.45, 2.75) is 6.92 Å². The standard InChI is InChI=1S/C4H4O4/c1-2(5)3(6)4(7)8/h1H3,(H,7,8). The topological polar surface area (TPSA) is 71.4 Å². The van der Waals surface area contributed by atoms with E-state index in [0.717, 1.165) is 6.92 Å². The highest BCUT2D eigenvalue weighted by Gasteiger charge is 2.15. The molecule has 0 aromatic rings. The molecule has 0 bridgehead atoms. The maximum Gasteiger partial charge on any atom is 0.380 e. The van der Waals surface area contributed by atoms with Gasteiger partial charge in [0.2, 0.25) is 5.78 Å². The Morgan fingerprint density at radius 2 is 1.62 bits per heavy atom. The average Bonchev–Trinajstić information content (AvgIpc) is 1.64. The van der Waals surface area contributed by atoms with Crippen LogP contribution < -0.4 is 0 Å². The number of carboxylic acid groups (broad SMARTS) is 1. The molecule has 0 atom stereocenters. The van der Waals surface area contributed by atoms with E-state index < -0.39 is 17.5 Å². The van der Waals surface area contributed by atoms with Crippen LogP contribution >= 0.6 is 0 Å². The van der Waals surface area contributed by atoms with Gasteiger partial charge in [-0.1, -0.05) is 0 Å². The molecule has 0 aliphatic rings. The minimum atomic E-state index is -1.70. The summed E-state index contributed by atoms with van der Waals surface area (Å²) in [5.74, 6) is -4.01. The van der Waals surface area contributed by atoms with E-state index in [9.17, 15) is 14.4 Å². The SMILES string of the molecule is CC(=O)C(=O)C(=O)O. The Morgan fingerprint density at radius 1 is 1.25 bits per heavy atom.